The molecule has 0 heterocycles. The third kappa shape index (κ3) is 7.34. The minimum absolute atomic E-state index is 0. The molecule has 0 saturated carbocycles. The standard InChI is InChI=1S/C23H17.C17H17.C13H10.2ClH.Zr/c1-4-10-18(11-5-1)21-16-17-22(19-12-6-2-7-13-19)23(21)20-14-8-3-9-15-20;1-3-12-5-7-16-14(9-12)11-15-10-13(4-2)6-8-17(15)16;1-3-7-12(8-4-1)11-13-9-5-2-6-10-13;;;/h1-16,22H;5-11H,3-4H2,1-2H3;1-10H;2*1H;/q;;;;;+2/p-2. The average Bonchev–Trinajstić information content (AvgIpc) is 3.80. The molecule has 0 aromatic heterocycles. The Bertz CT molecular complexity index is 2440. The SMILES string of the molecule is CCc1ccc2c(c1)[CH]([Zr+2]([C]1=CC(c3ccccc3)=C(c3ccccc3)C1c1ccccc1)=[C](c1ccccc1)c1ccccc1)c1cc(CC)ccc1-2.[Cl-].[Cl-]. The summed E-state index contributed by atoms with van der Waals surface area (Å²) in [5, 5.41) is 0. The van der Waals surface area contributed by atoms with Gasteiger partial charge in [-0.2, -0.15) is 0 Å². The molecule has 0 N–H and O–H groups in total. The maximum atomic E-state index is 2.68. The Kier molecular flexibility index (Phi) is 12.5. The fraction of sp³-hybridized carbons (Fsp3) is 0.113. The minimum atomic E-state index is -3.21. The van der Waals surface area contributed by atoms with Crippen LogP contribution >= 0.6 is 0 Å². The first-order valence-corrected chi connectivity index (χ1v) is 23.3. The van der Waals surface area contributed by atoms with Crippen molar-refractivity contribution in [3.63, 3.8) is 0 Å². The third-order valence-corrected chi connectivity index (χ3v) is 19.7. The molecule has 274 valence electrons. The van der Waals surface area contributed by atoms with Crippen molar-refractivity contribution in [1.29, 1.82) is 0 Å². The monoisotopic (exact) mass is 840 g/mol. The zero-order chi connectivity index (χ0) is 36.4. The van der Waals surface area contributed by atoms with E-state index in [9.17, 15) is 0 Å². The number of hydrogen-bond donors (Lipinski definition) is 0. The van der Waals surface area contributed by atoms with Crippen molar-refractivity contribution in [3.05, 3.63) is 247 Å². The molecule has 0 aliphatic heterocycles. The van der Waals surface area contributed by atoms with Gasteiger partial charge in [0.25, 0.3) is 0 Å². The van der Waals surface area contributed by atoms with E-state index >= 15 is 0 Å². The zero-order valence-corrected chi connectivity index (χ0v) is 35.8. The first-order chi connectivity index (χ1) is 26.7. The number of hydrogen-bond acceptors (Lipinski definition) is 0. The summed E-state index contributed by atoms with van der Waals surface area (Å²) in [6, 6.07) is 71.3. The summed E-state index contributed by atoms with van der Waals surface area (Å²) in [4.78, 5) is 0. The van der Waals surface area contributed by atoms with Gasteiger partial charge in [-0.3, -0.25) is 0 Å². The quantitative estimate of drug-likeness (QED) is 0.146. The van der Waals surface area contributed by atoms with E-state index in [4.69, 9.17) is 0 Å². The van der Waals surface area contributed by atoms with E-state index in [1.54, 1.807) is 6.49 Å². The molecule has 0 radical (unpaired) electrons. The largest absolute Gasteiger partial charge is 1.00 e. The molecule has 2 aliphatic rings. The van der Waals surface area contributed by atoms with Gasteiger partial charge in [-0.25, -0.2) is 0 Å². The van der Waals surface area contributed by atoms with Crippen LogP contribution in [0.25, 0.3) is 22.3 Å². The molecule has 0 spiro atoms. The summed E-state index contributed by atoms with van der Waals surface area (Å²) in [6.45, 7) is 4.60. The fourth-order valence-corrected chi connectivity index (χ4v) is 18.5. The summed E-state index contributed by atoms with van der Waals surface area (Å²) in [5.74, 6) is 0.122. The Morgan fingerprint density at radius 3 is 1.38 bits per heavy atom. The molecule has 0 fully saturated rings. The molecule has 7 aromatic carbocycles. The first kappa shape index (κ1) is 39.6. The Labute approximate surface area is 352 Å². The van der Waals surface area contributed by atoms with Crippen LogP contribution in [0.15, 0.2) is 197 Å². The predicted octanol–water partition coefficient (Wildman–Crippen LogP) is 7.07. The number of aryl methyl sites for hydroxylation is 2. The molecule has 0 saturated heterocycles. The van der Waals surface area contributed by atoms with Gasteiger partial charge in [0.15, 0.2) is 0 Å². The van der Waals surface area contributed by atoms with Gasteiger partial charge in [-0.05, 0) is 0 Å². The minimum Gasteiger partial charge on any atom is -1.00 e. The number of allylic oxidation sites excluding steroid dienone is 4. The molecule has 0 nitrogen and oxygen atoms in total. The first-order valence-electron chi connectivity index (χ1n) is 19.5. The molecule has 2 aliphatic carbocycles. The van der Waals surface area contributed by atoms with Gasteiger partial charge in [0.1, 0.15) is 0 Å². The van der Waals surface area contributed by atoms with Crippen LogP contribution in [-0.4, -0.2) is 3.21 Å². The molecule has 9 rings (SSSR count). The van der Waals surface area contributed by atoms with Crippen LogP contribution < -0.4 is 24.8 Å². The van der Waals surface area contributed by atoms with Gasteiger partial charge in [0, 0.05) is 0 Å². The molecular weight excluding hydrogens is 799 g/mol. The topological polar surface area (TPSA) is 0 Å². The van der Waals surface area contributed by atoms with Gasteiger partial charge < -0.3 is 24.8 Å². The second kappa shape index (κ2) is 17.7. The van der Waals surface area contributed by atoms with E-state index in [1.165, 1.54) is 72.3 Å². The second-order valence-corrected chi connectivity index (χ2v) is 20.6. The van der Waals surface area contributed by atoms with Crippen molar-refractivity contribution >= 4 is 14.4 Å². The number of halogens is 2. The number of benzene rings is 7. The van der Waals surface area contributed by atoms with Crippen LogP contribution in [0, 0.1) is 0 Å². The maximum Gasteiger partial charge on any atom is -1.00 e. The molecule has 1 atom stereocenters. The Morgan fingerprint density at radius 2 is 0.911 bits per heavy atom. The zero-order valence-electron chi connectivity index (χ0n) is 31.8. The molecule has 0 bridgehead atoms. The van der Waals surface area contributed by atoms with Gasteiger partial charge in [0.05, 0.1) is 0 Å². The maximum absolute atomic E-state index is 3.21. The number of fused-ring (bicyclic) bond motifs is 3. The Hall–Kier alpha value is -4.65. The van der Waals surface area contributed by atoms with Crippen LogP contribution in [0.5, 0.6) is 0 Å². The van der Waals surface area contributed by atoms with Gasteiger partial charge >= 0.3 is 330 Å². The van der Waals surface area contributed by atoms with Crippen molar-refractivity contribution < 1.29 is 46.1 Å². The van der Waals surface area contributed by atoms with Crippen LogP contribution in [-0.2, 0) is 34.1 Å². The molecular formula is C53H44Cl2Zr. The Morgan fingerprint density at radius 1 is 0.482 bits per heavy atom. The summed E-state index contributed by atoms with van der Waals surface area (Å²) < 4.78 is 3.51. The summed E-state index contributed by atoms with van der Waals surface area (Å²) in [7, 11) is 0. The van der Waals surface area contributed by atoms with Crippen molar-refractivity contribution in [3.8, 4) is 11.1 Å². The molecule has 1 unspecified atom stereocenters. The summed E-state index contributed by atoms with van der Waals surface area (Å²) in [6.07, 6.45) is 4.73. The van der Waals surface area contributed by atoms with E-state index < -0.39 is 21.3 Å². The predicted molar refractivity (Wildman–Crippen MR) is 226 cm³/mol. The van der Waals surface area contributed by atoms with Crippen LogP contribution in [0.4, 0.5) is 0 Å². The van der Waals surface area contributed by atoms with Crippen molar-refractivity contribution in [2.75, 3.05) is 0 Å². The molecule has 7 aromatic rings. The summed E-state index contributed by atoms with van der Waals surface area (Å²) in [5.41, 5.74) is 18.2. The van der Waals surface area contributed by atoms with E-state index in [0.29, 0.717) is 3.63 Å². The van der Waals surface area contributed by atoms with Crippen LogP contribution in [0.3, 0.4) is 0 Å². The van der Waals surface area contributed by atoms with E-state index in [2.05, 4.69) is 208 Å². The average molecular weight is 843 g/mol. The van der Waals surface area contributed by atoms with Crippen LogP contribution in [0.2, 0.25) is 0 Å². The van der Waals surface area contributed by atoms with Crippen molar-refractivity contribution in [2.45, 2.75) is 36.2 Å². The molecule has 0 amide bonds. The van der Waals surface area contributed by atoms with Gasteiger partial charge in [0.2, 0.25) is 0 Å². The molecule has 3 heteroatoms. The van der Waals surface area contributed by atoms with Crippen molar-refractivity contribution in [1.82, 2.24) is 0 Å². The van der Waals surface area contributed by atoms with Gasteiger partial charge in [-0.1, -0.05) is 0 Å². The van der Waals surface area contributed by atoms with E-state index in [1.807, 2.05) is 0 Å². The van der Waals surface area contributed by atoms with Gasteiger partial charge in [-0.15, -0.1) is 0 Å². The Balaban J connectivity index is 0.00000240. The van der Waals surface area contributed by atoms with E-state index in [0.717, 1.165) is 12.8 Å². The number of rotatable bonds is 9. The van der Waals surface area contributed by atoms with Crippen LogP contribution in [0.1, 0.15) is 73.5 Å². The second-order valence-electron chi connectivity index (χ2n) is 14.5. The van der Waals surface area contributed by atoms with Crippen molar-refractivity contribution in [2.24, 2.45) is 0 Å². The fourth-order valence-electron chi connectivity index (χ4n) is 8.90. The normalized spacial score (nSPS) is 14.1. The smallest absolute Gasteiger partial charge is 1.00 e. The summed E-state index contributed by atoms with van der Waals surface area (Å²) >= 11 is -3.21. The molecule has 56 heavy (non-hydrogen) atoms. The third-order valence-electron chi connectivity index (χ3n) is 11.4. The van der Waals surface area contributed by atoms with E-state index in [-0.39, 0.29) is 30.7 Å².